The van der Waals surface area contributed by atoms with Crippen LogP contribution in [0.1, 0.15) is 21.1 Å². The van der Waals surface area contributed by atoms with Crippen LogP contribution in [-0.4, -0.2) is 27.2 Å². The number of hydrogen-bond donors (Lipinski definition) is 4. The van der Waals surface area contributed by atoms with Gasteiger partial charge in [-0.25, -0.2) is 14.6 Å². The zero-order valence-corrected chi connectivity index (χ0v) is 11.9. The number of benzene rings is 1. The molecule has 8 heteroatoms. The van der Waals surface area contributed by atoms with Gasteiger partial charge in [-0.1, -0.05) is 0 Å². The molecule has 0 aliphatic carbocycles. The largest absolute Gasteiger partial charge is 0.507 e. The Morgan fingerprint density at radius 1 is 1.38 bits per heavy atom. The fourth-order valence-corrected chi connectivity index (χ4v) is 2.24. The molecule has 2 aromatic rings. The Morgan fingerprint density at radius 3 is 2.71 bits per heavy atom. The third-order valence-electron chi connectivity index (χ3n) is 2.58. The number of nitrogens with one attached hydrogen (secondary N) is 2. The van der Waals surface area contributed by atoms with Gasteiger partial charge in [0.05, 0.1) is 17.2 Å². The second kappa shape index (κ2) is 6.23. The van der Waals surface area contributed by atoms with Gasteiger partial charge in [-0.05, 0) is 19.1 Å². The number of nitrogens with zero attached hydrogens (tertiary/aromatic N) is 1. The van der Waals surface area contributed by atoms with Crippen molar-refractivity contribution < 1.29 is 19.8 Å². The van der Waals surface area contributed by atoms with Gasteiger partial charge in [0.25, 0.3) is 0 Å². The Kier molecular flexibility index (Phi) is 4.39. The highest BCUT2D eigenvalue weighted by Crippen LogP contribution is 2.21. The fraction of sp³-hybridized carbons (Fsp3) is 0.154. The zero-order valence-electron chi connectivity index (χ0n) is 11.1. The molecule has 7 nitrogen and oxygen atoms in total. The highest BCUT2D eigenvalue weighted by atomic mass is 32.1. The van der Waals surface area contributed by atoms with Crippen LogP contribution in [0.25, 0.3) is 0 Å². The first-order valence-corrected chi connectivity index (χ1v) is 6.86. The van der Waals surface area contributed by atoms with E-state index in [0.29, 0.717) is 5.69 Å². The number of carboxylic acids is 1. The minimum absolute atomic E-state index is 0.223. The number of anilines is 1. The van der Waals surface area contributed by atoms with E-state index in [1.165, 1.54) is 29.5 Å². The van der Waals surface area contributed by atoms with E-state index in [0.717, 1.165) is 10.7 Å². The molecule has 0 saturated carbocycles. The summed E-state index contributed by atoms with van der Waals surface area (Å²) < 4.78 is 0. The van der Waals surface area contributed by atoms with Crippen LogP contribution in [0.4, 0.5) is 10.5 Å². The Balaban J connectivity index is 1.93. The maximum absolute atomic E-state index is 11.7. The number of amides is 2. The number of phenols is 1. The number of thiazole rings is 1. The number of aromatic hydroxyl groups is 1. The molecular formula is C13H13N3O4S. The molecule has 0 spiro atoms. The number of aromatic nitrogens is 1. The van der Waals surface area contributed by atoms with Crippen molar-refractivity contribution in [1.29, 1.82) is 0 Å². The van der Waals surface area contributed by atoms with Crippen LogP contribution < -0.4 is 10.6 Å². The summed E-state index contributed by atoms with van der Waals surface area (Å²) in [6.45, 7) is 2.16. The summed E-state index contributed by atoms with van der Waals surface area (Å²) in [6, 6.07) is 3.33. The van der Waals surface area contributed by atoms with Gasteiger partial charge in [-0.15, -0.1) is 11.3 Å². The van der Waals surface area contributed by atoms with Gasteiger partial charge in [0, 0.05) is 17.1 Å². The average Bonchev–Trinajstić information content (AvgIpc) is 2.82. The van der Waals surface area contributed by atoms with Crippen molar-refractivity contribution in [2.75, 3.05) is 5.32 Å². The van der Waals surface area contributed by atoms with E-state index in [9.17, 15) is 14.7 Å². The third-order valence-corrected chi connectivity index (χ3v) is 3.40. The normalized spacial score (nSPS) is 10.1. The maximum atomic E-state index is 11.7. The molecule has 0 bridgehead atoms. The number of hydrogen-bond acceptors (Lipinski definition) is 5. The zero-order chi connectivity index (χ0) is 15.4. The highest BCUT2D eigenvalue weighted by molar-refractivity contribution is 7.09. The van der Waals surface area contributed by atoms with E-state index in [4.69, 9.17) is 5.11 Å². The van der Waals surface area contributed by atoms with E-state index < -0.39 is 17.7 Å². The molecule has 1 aromatic heterocycles. The summed E-state index contributed by atoms with van der Waals surface area (Å²) in [5, 5.41) is 26.2. The number of rotatable bonds is 4. The van der Waals surface area contributed by atoms with Gasteiger partial charge in [0.1, 0.15) is 11.3 Å². The summed E-state index contributed by atoms with van der Waals surface area (Å²) in [5.41, 5.74) is 0.833. The number of carbonyl (C=O) groups is 2. The van der Waals surface area contributed by atoms with Crippen molar-refractivity contribution in [2.24, 2.45) is 0 Å². The Labute approximate surface area is 124 Å². The minimum Gasteiger partial charge on any atom is -0.507 e. The predicted octanol–water partition coefficient (Wildman–Crippen LogP) is 2.18. The average molecular weight is 307 g/mol. The number of carbonyl (C=O) groups excluding carboxylic acids is 1. The second-order valence-electron chi connectivity index (χ2n) is 4.20. The standard InChI is InChI=1S/C13H13N3O4S/c1-7-15-9(6-21-7)5-14-13(20)16-8-2-3-10(12(18)19)11(17)4-8/h2-4,6,17H,5H2,1H3,(H,18,19)(H2,14,16,20). The molecule has 0 saturated heterocycles. The predicted molar refractivity (Wildman–Crippen MR) is 77.8 cm³/mol. The van der Waals surface area contributed by atoms with Crippen molar-refractivity contribution in [3.8, 4) is 5.75 Å². The maximum Gasteiger partial charge on any atom is 0.339 e. The summed E-state index contributed by atoms with van der Waals surface area (Å²) >= 11 is 1.49. The lowest BCUT2D eigenvalue weighted by Gasteiger charge is -2.08. The minimum atomic E-state index is -1.23. The van der Waals surface area contributed by atoms with Gasteiger partial charge in [0.15, 0.2) is 0 Å². The molecule has 0 fully saturated rings. The van der Waals surface area contributed by atoms with E-state index >= 15 is 0 Å². The van der Waals surface area contributed by atoms with E-state index in [1.807, 2.05) is 12.3 Å². The topological polar surface area (TPSA) is 112 Å². The molecule has 4 N–H and O–H groups in total. The lowest BCUT2D eigenvalue weighted by molar-refractivity contribution is 0.0694. The molecule has 110 valence electrons. The lowest BCUT2D eigenvalue weighted by Crippen LogP contribution is -2.28. The lowest BCUT2D eigenvalue weighted by atomic mass is 10.2. The molecule has 0 aliphatic rings. The Bertz CT molecular complexity index is 684. The summed E-state index contributed by atoms with van der Waals surface area (Å²) in [4.78, 5) is 26.6. The van der Waals surface area contributed by atoms with Crippen molar-refractivity contribution in [3.05, 3.63) is 39.8 Å². The van der Waals surface area contributed by atoms with Crippen LogP contribution in [0.5, 0.6) is 5.75 Å². The Hall–Kier alpha value is -2.61. The first-order chi connectivity index (χ1) is 9.95. The van der Waals surface area contributed by atoms with Gasteiger partial charge >= 0.3 is 12.0 Å². The molecule has 0 aliphatic heterocycles. The van der Waals surface area contributed by atoms with Gasteiger partial charge in [0.2, 0.25) is 0 Å². The van der Waals surface area contributed by atoms with Crippen molar-refractivity contribution in [2.45, 2.75) is 13.5 Å². The quantitative estimate of drug-likeness (QED) is 0.691. The summed E-state index contributed by atoms with van der Waals surface area (Å²) in [6.07, 6.45) is 0. The first kappa shape index (κ1) is 14.8. The second-order valence-corrected chi connectivity index (χ2v) is 5.26. The third kappa shape index (κ3) is 3.93. The van der Waals surface area contributed by atoms with Crippen LogP contribution in [0.2, 0.25) is 0 Å². The van der Waals surface area contributed by atoms with Crippen LogP contribution in [-0.2, 0) is 6.54 Å². The van der Waals surface area contributed by atoms with Gasteiger partial charge < -0.3 is 20.8 Å². The SMILES string of the molecule is Cc1nc(CNC(=O)Nc2ccc(C(=O)O)c(O)c2)cs1. The number of aromatic carboxylic acids is 1. The summed E-state index contributed by atoms with van der Waals surface area (Å²) in [7, 11) is 0. The summed E-state index contributed by atoms with van der Waals surface area (Å²) in [5.74, 6) is -1.64. The molecule has 2 amide bonds. The highest BCUT2D eigenvalue weighted by Gasteiger charge is 2.11. The van der Waals surface area contributed by atoms with E-state index in [-0.39, 0.29) is 12.1 Å². The molecule has 2 rings (SSSR count). The number of urea groups is 1. The van der Waals surface area contributed by atoms with Crippen LogP contribution in [0.3, 0.4) is 0 Å². The van der Waals surface area contributed by atoms with E-state index in [2.05, 4.69) is 15.6 Å². The molecule has 1 aromatic carbocycles. The van der Waals surface area contributed by atoms with Crippen LogP contribution >= 0.6 is 11.3 Å². The smallest absolute Gasteiger partial charge is 0.339 e. The first-order valence-electron chi connectivity index (χ1n) is 5.98. The number of carboxylic acid groups (broad SMARTS) is 1. The van der Waals surface area contributed by atoms with Crippen LogP contribution in [0.15, 0.2) is 23.6 Å². The van der Waals surface area contributed by atoms with Crippen molar-refractivity contribution in [1.82, 2.24) is 10.3 Å². The monoisotopic (exact) mass is 307 g/mol. The molecule has 0 unspecified atom stereocenters. The molecule has 21 heavy (non-hydrogen) atoms. The van der Waals surface area contributed by atoms with Crippen LogP contribution in [0, 0.1) is 6.92 Å². The molecule has 0 atom stereocenters. The van der Waals surface area contributed by atoms with E-state index in [1.54, 1.807) is 0 Å². The van der Waals surface area contributed by atoms with Gasteiger partial charge in [-0.3, -0.25) is 0 Å². The molecule has 0 radical (unpaired) electrons. The molecular weight excluding hydrogens is 294 g/mol. The Morgan fingerprint density at radius 2 is 2.14 bits per heavy atom. The number of aryl methyl sites for hydroxylation is 1. The van der Waals surface area contributed by atoms with Crippen molar-refractivity contribution >= 4 is 29.0 Å². The molecule has 1 heterocycles. The fourth-order valence-electron chi connectivity index (χ4n) is 1.63. The van der Waals surface area contributed by atoms with Crippen molar-refractivity contribution in [3.63, 3.8) is 0 Å². The van der Waals surface area contributed by atoms with Gasteiger partial charge in [-0.2, -0.15) is 0 Å².